The fourth-order valence-electron chi connectivity index (χ4n) is 2.26. The minimum Gasteiger partial charge on any atom is -0.381 e. The van der Waals surface area contributed by atoms with Crippen molar-refractivity contribution in [2.75, 3.05) is 19.8 Å². The molecule has 3 unspecified atom stereocenters. The second-order valence-electron chi connectivity index (χ2n) is 4.34. The van der Waals surface area contributed by atoms with E-state index >= 15 is 0 Å². The first-order valence-corrected chi connectivity index (χ1v) is 6.24. The first-order chi connectivity index (χ1) is 7.29. The van der Waals surface area contributed by atoms with Gasteiger partial charge in [0.25, 0.3) is 0 Å². The molecule has 0 bridgehead atoms. The number of ether oxygens (including phenoxy) is 2. The topological polar surface area (TPSA) is 44.5 Å². The maximum atomic E-state index is 6.26. The average Bonchev–Trinajstić information content (AvgIpc) is 2.29. The molecule has 0 aromatic rings. The van der Waals surface area contributed by atoms with Crippen LogP contribution in [0.15, 0.2) is 0 Å². The van der Waals surface area contributed by atoms with Gasteiger partial charge in [0.1, 0.15) is 0 Å². The van der Waals surface area contributed by atoms with Gasteiger partial charge >= 0.3 is 0 Å². The molecule has 1 saturated heterocycles. The molecule has 0 amide bonds. The summed E-state index contributed by atoms with van der Waals surface area (Å²) in [6.45, 7) is 6.68. The zero-order chi connectivity index (χ0) is 11.1. The van der Waals surface area contributed by atoms with E-state index < -0.39 is 0 Å². The lowest BCUT2D eigenvalue weighted by atomic mass is 9.89. The van der Waals surface area contributed by atoms with Crippen LogP contribution in [0.1, 0.15) is 39.5 Å². The molecular weight excluding hydrogens is 190 g/mol. The molecule has 0 aromatic heterocycles. The predicted molar refractivity (Wildman–Crippen MR) is 61.8 cm³/mol. The van der Waals surface area contributed by atoms with E-state index in [0.29, 0.717) is 5.92 Å². The van der Waals surface area contributed by atoms with Gasteiger partial charge < -0.3 is 15.2 Å². The van der Waals surface area contributed by atoms with Gasteiger partial charge in [0, 0.05) is 19.3 Å². The molecule has 0 spiro atoms. The Hall–Kier alpha value is -0.120. The first kappa shape index (κ1) is 12.9. The van der Waals surface area contributed by atoms with Gasteiger partial charge in [-0.3, -0.25) is 0 Å². The Morgan fingerprint density at radius 3 is 2.80 bits per heavy atom. The monoisotopic (exact) mass is 215 g/mol. The number of hydrogen-bond acceptors (Lipinski definition) is 3. The summed E-state index contributed by atoms with van der Waals surface area (Å²) in [6.07, 6.45) is 4.74. The van der Waals surface area contributed by atoms with Crippen LogP contribution in [0.2, 0.25) is 0 Å². The highest BCUT2D eigenvalue weighted by Gasteiger charge is 2.27. The van der Waals surface area contributed by atoms with Crippen LogP contribution in [0.25, 0.3) is 0 Å². The van der Waals surface area contributed by atoms with Crippen LogP contribution >= 0.6 is 0 Å². The summed E-state index contributed by atoms with van der Waals surface area (Å²) in [5.41, 5.74) is 6.26. The Labute approximate surface area is 93.3 Å². The molecule has 15 heavy (non-hydrogen) atoms. The molecule has 3 nitrogen and oxygen atoms in total. The van der Waals surface area contributed by atoms with Crippen LogP contribution in [0.5, 0.6) is 0 Å². The second-order valence-corrected chi connectivity index (χ2v) is 4.34. The average molecular weight is 215 g/mol. The Kier molecular flexibility index (Phi) is 6.22. The number of hydrogen-bond donors (Lipinski definition) is 1. The van der Waals surface area contributed by atoms with Crippen molar-refractivity contribution in [1.29, 1.82) is 0 Å². The third kappa shape index (κ3) is 4.09. The molecule has 90 valence electrons. The van der Waals surface area contributed by atoms with Gasteiger partial charge in [0.2, 0.25) is 0 Å². The number of rotatable bonds is 6. The van der Waals surface area contributed by atoms with Crippen LogP contribution in [-0.4, -0.2) is 32.0 Å². The summed E-state index contributed by atoms with van der Waals surface area (Å²) < 4.78 is 11.2. The lowest BCUT2D eigenvalue weighted by Crippen LogP contribution is -2.45. The molecule has 2 N–H and O–H groups in total. The zero-order valence-electron chi connectivity index (χ0n) is 10.1. The Balaban J connectivity index is 2.41. The van der Waals surface area contributed by atoms with Gasteiger partial charge in [-0.05, 0) is 32.1 Å². The minimum atomic E-state index is 0.144. The fourth-order valence-corrected chi connectivity index (χ4v) is 2.26. The molecule has 1 rings (SSSR count). The lowest BCUT2D eigenvalue weighted by molar-refractivity contribution is -0.0155. The molecule has 0 aliphatic carbocycles. The predicted octanol–water partition coefficient (Wildman–Crippen LogP) is 1.95. The minimum absolute atomic E-state index is 0.144. The van der Waals surface area contributed by atoms with Crippen LogP contribution in [0, 0.1) is 5.92 Å². The van der Waals surface area contributed by atoms with Crippen molar-refractivity contribution in [3.63, 3.8) is 0 Å². The quantitative estimate of drug-likeness (QED) is 0.736. The van der Waals surface area contributed by atoms with E-state index in [1.165, 1.54) is 6.42 Å². The van der Waals surface area contributed by atoms with Gasteiger partial charge in [-0.1, -0.05) is 13.3 Å². The second kappa shape index (κ2) is 7.20. The van der Waals surface area contributed by atoms with Crippen molar-refractivity contribution in [1.82, 2.24) is 0 Å². The molecule has 0 saturated carbocycles. The Morgan fingerprint density at radius 1 is 1.47 bits per heavy atom. The maximum absolute atomic E-state index is 6.26. The summed E-state index contributed by atoms with van der Waals surface area (Å²) in [5.74, 6) is 0.488. The maximum Gasteiger partial charge on any atom is 0.0729 e. The smallest absolute Gasteiger partial charge is 0.0729 e. The third-order valence-electron chi connectivity index (χ3n) is 3.12. The summed E-state index contributed by atoms with van der Waals surface area (Å²) in [7, 11) is 0. The molecule has 3 heteroatoms. The van der Waals surface area contributed by atoms with Crippen molar-refractivity contribution < 1.29 is 9.47 Å². The van der Waals surface area contributed by atoms with Crippen LogP contribution in [0.3, 0.4) is 0 Å². The van der Waals surface area contributed by atoms with Crippen LogP contribution in [0.4, 0.5) is 0 Å². The van der Waals surface area contributed by atoms with Crippen LogP contribution < -0.4 is 5.73 Å². The standard InChI is InChI=1S/C12H25NO2/c1-3-6-11(15-4-2)12(13)10-7-5-8-14-9-10/h10-12H,3-9,13H2,1-2H3. The van der Waals surface area contributed by atoms with Gasteiger partial charge in [-0.15, -0.1) is 0 Å². The SMILES string of the molecule is CCCC(OCC)C(N)C1CCCOC1. The van der Waals surface area contributed by atoms with Crippen molar-refractivity contribution in [3.05, 3.63) is 0 Å². The van der Waals surface area contributed by atoms with Crippen molar-refractivity contribution in [2.24, 2.45) is 11.7 Å². The molecule has 1 aliphatic heterocycles. The first-order valence-electron chi connectivity index (χ1n) is 6.24. The highest BCUT2D eigenvalue weighted by atomic mass is 16.5. The normalized spacial score (nSPS) is 26.2. The Morgan fingerprint density at radius 2 is 2.27 bits per heavy atom. The number of nitrogens with two attached hydrogens (primary N) is 1. The third-order valence-corrected chi connectivity index (χ3v) is 3.12. The van der Waals surface area contributed by atoms with E-state index in [9.17, 15) is 0 Å². The summed E-state index contributed by atoms with van der Waals surface area (Å²) >= 11 is 0. The summed E-state index contributed by atoms with van der Waals surface area (Å²) in [5, 5.41) is 0. The van der Waals surface area contributed by atoms with E-state index in [2.05, 4.69) is 6.92 Å². The summed E-state index contributed by atoms with van der Waals surface area (Å²) in [4.78, 5) is 0. The van der Waals surface area contributed by atoms with Gasteiger partial charge in [-0.25, -0.2) is 0 Å². The molecule has 1 aliphatic rings. The summed E-state index contributed by atoms with van der Waals surface area (Å²) in [6, 6.07) is 0.144. The van der Waals surface area contributed by atoms with Gasteiger partial charge in [-0.2, -0.15) is 0 Å². The highest BCUT2D eigenvalue weighted by molar-refractivity contribution is 4.82. The van der Waals surface area contributed by atoms with Gasteiger partial charge in [0.15, 0.2) is 0 Å². The van der Waals surface area contributed by atoms with Gasteiger partial charge in [0.05, 0.1) is 12.7 Å². The van der Waals surface area contributed by atoms with Crippen LogP contribution in [-0.2, 0) is 9.47 Å². The molecule has 0 aromatic carbocycles. The van der Waals surface area contributed by atoms with E-state index in [0.717, 1.165) is 39.1 Å². The zero-order valence-corrected chi connectivity index (χ0v) is 10.1. The molecule has 0 radical (unpaired) electrons. The molecule has 1 heterocycles. The molecule has 3 atom stereocenters. The van der Waals surface area contributed by atoms with Crippen molar-refractivity contribution in [2.45, 2.75) is 51.7 Å². The Bertz CT molecular complexity index is 152. The van der Waals surface area contributed by atoms with E-state index in [1.807, 2.05) is 6.92 Å². The van der Waals surface area contributed by atoms with Crippen molar-refractivity contribution in [3.8, 4) is 0 Å². The molecule has 1 fully saturated rings. The fraction of sp³-hybridized carbons (Fsp3) is 1.00. The molecular formula is C12H25NO2. The van der Waals surface area contributed by atoms with Crippen molar-refractivity contribution >= 4 is 0 Å². The largest absolute Gasteiger partial charge is 0.381 e. The lowest BCUT2D eigenvalue weighted by Gasteiger charge is -2.32. The van der Waals surface area contributed by atoms with E-state index in [4.69, 9.17) is 15.2 Å². The van der Waals surface area contributed by atoms with E-state index in [-0.39, 0.29) is 12.1 Å². The van der Waals surface area contributed by atoms with E-state index in [1.54, 1.807) is 0 Å². The highest BCUT2D eigenvalue weighted by Crippen LogP contribution is 2.21.